The van der Waals surface area contributed by atoms with Crippen molar-refractivity contribution in [3.05, 3.63) is 59.7 Å². The second kappa shape index (κ2) is 10.4. The van der Waals surface area contributed by atoms with Crippen LogP contribution in [0.2, 0.25) is 0 Å². The van der Waals surface area contributed by atoms with Gasteiger partial charge in [0.2, 0.25) is 5.91 Å². The van der Waals surface area contributed by atoms with Gasteiger partial charge in [-0.1, -0.05) is 36.4 Å². The fraction of sp³-hybridized carbons (Fsp3) is 0.500. The summed E-state index contributed by atoms with van der Waals surface area (Å²) < 4.78 is 17.0. The van der Waals surface area contributed by atoms with E-state index in [-0.39, 0.29) is 17.4 Å². The first-order valence-electron chi connectivity index (χ1n) is 11.5. The van der Waals surface area contributed by atoms with Gasteiger partial charge in [-0.25, -0.2) is 0 Å². The monoisotopic (exact) mass is 438 g/mol. The van der Waals surface area contributed by atoms with E-state index >= 15 is 0 Å². The molecule has 6 heteroatoms. The maximum atomic E-state index is 12.8. The van der Waals surface area contributed by atoms with Gasteiger partial charge in [0.15, 0.2) is 0 Å². The molecule has 0 radical (unpaired) electrons. The lowest BCUT2D eigenvalue weighted by Crippen LogP contribution is -2.45. The molecule has 0 aliphatic carbocycles. The van der Waals surface area contributed by atoms with Crippen LogP contribution in [0.1, 0.15) is 37.3 Å². The Morgan fingerprint density at radius 2 is 1.97 bits per heavy atom. The van der Waals surface area contributed by atoms with E-state index < -0.39 is 0 Å². The second-order valence-corrected chi connectivity index (χ2v) is 8.92. The number of rotatable bonds is 7. The van der Waals surface area contributed by atoms with Crippen LogP contribution in [0.25, 0.3) is 0 Å². The molecule has 2 aliphatic heterocycles. The minimum atomic E-state index is -0.0435. The zero-order chi connectivity index (χ0) is 22.4. The normalized spacial score (nSPS) is 20.5. The molecule has 32 heavy (non-hydrogen) atoms. The Bertz CT molecular complexity index is 896. The Morgan fingerprint density at radius 3 is 2.72 bits per heavy atom. The summed E-state index contributed by atoms with van der Waals surface area (Å²) in [7, 11) is 1.66. The summed E-state index contributed by atoms with van der Waals surface area (Å²) in [5.41, 5.74) is 2.37. The first kappa shape index (κ1) is 22.6. The van der Waals surface area contributed by atoms with Gasteiger partial charge in [0.1, 0.15) is 17.6 Å². The van der Waals surface area contributed by atoms with Crippen molar-refractivity contribution in [1.29, 1.82) is 0 Å². The maximum Gasteiger partial charge on any atom is 0.221 e. The van der Waals surface area contributed by atoms with E-state index in [9.17, 15) is 4.79 Å². The molecule has 2 aromatic carbocycles. The lowest BCUT2D eigenvalue weighted by Gasteiger charge is -2.38. The number of carbonyl (C=O) groups excluding carboxylic acids is 1. The van der Waals surface area contributed by atoms with Crippen LogP contribution in [-0.2, 0) is 21.5 Å². The predicted octanol–water partition coefficient (Wildman–Crippen LogP) is 3.53. The van der Waals surface area contributed by atoms with Crippen LogP contribution in [0.15, 0.2) is 48.5 Å². The van der Waals surface area contributed by atoms with E-state index in [1.807, 2.05) is 24.3 Å². The quantitative estimate of drug-likeness (QED) is 0.717. The summed E-state index contributed by atoms with van der Waals surface area (Å²) in [6.45, 7) is 6.45. The Kier molecular flexibility index (Phi) is 7.33. The fourth-order valence-electron chi connectivity index (χ4n) is 4.73. The molecule has 0 saturated carbocycles. The Morgan fingerprint density at radius 1 is 1.19 bits per heavy atom. The van der Waals surface area contributed by atoms with Crippen LogP contribution in [0.4, 0.5) is 0 Å². The number of hydrogen-bond donors (Lipinski definition) is 1. The molecule has 0 aromatic heterocycles. The topological polar surface area (TPSA) is 60.0 Å². The number of fused-ring (bicyclic) bond motifs is 1. The van der Waals surface area contributed by atoms with Crippen LogP contribution in [0.5, 0.6) is 11.5 Å². The number of hydrogen-bond acceptors (Lipinski definition) is 5. The lowest BCUT2D eigenvalue weighted by molar-refractivity contribution is -0.122. The minimum Gasteiger partial charge on any atom is -0.497 e. The number of nitrogens with zero attached hydrogens (tertiary/aromatic N) is 1. The standard InChI is InChI=1S/C26H34N2O4/c1-20-17-28(18-21-8-9-23(30-2)16-24(21)32-20)13-10-25(29)27-19-26(11-14-31-15-12-26)22-6-4-3-5-7-22/h3-9,16,20H,10-15,17-19H2,1-2H3,(H,27,29). The van der Waals surface area contributed by atoms with Crippen molar-refractivity contribution < 1.29 is 19.0 Å². The Hall–Kier alpha value is -2.57. The fourth-order valence-corrected chi connectivity index (χ4v) is 4.73. The van der Waals surface area contributed by atoms with Gasteiger partial charge in [-0.15, -0.1) is 0 Å². The van der Waals surface area contributed by atoms with Crippen molar-refractivity contribution in [2.45, 2.75) is 44.2 Å². The third kappa shape index (κ3) is 5.43. The largest absolute Gasteiger partial charge is 0.497 e. The summed E-state index contributed by atoms with van der Waals surface area (Å²) >= 11 is 0. The molecule has 6 nitrogen and oxygen atoms in total. The Labute approximate surface area is 190 Å². The third-order valence-electron chi connectivity index (χ3n) is 6.63. The summed E-state index contributed by atoms with van der Waals surface area (Å²) in [6, 6.07) is 16.5. The molecule has 1 N–H and O–H groups in total. The molecule has 0 spiro atoms. The van der Waals surface area contributed by atoms with E-state index in [4.69, 9.17) is 14.2 Å². The SMILES string of the molecule is COc1ccc2c(c1)OC(C)CN(CCC(=O)NCC1(c3ccccc3)CCOCC1)C2. The van der Waals surface area contributed by atoms with Gasteiger partial charge in [-0.3, -0.25) is 9.69 Å². The number of amides is 1. The summed E-state index contributed by atoms with van der Waals surface area (Å²) in [6.07, 6.45) is 2.38. The highest BCUT2D eigenvalue weighted by Gasteiger charge is 2.34. The number of ether oxygens (including phenoxy) is 3. The van der Waals surface area contributed by atoms with Gasteiger partial charge >= 0.3 is 0 Å². The van der Waals surface area contributed by atoms with E-state index in [0.717, 1.165) is 56.2 Å². The van der Waals surface area contributed by atoms with Crippen molar-refractivity contribution in [1.82, 2.24) is 10.2 Å². The smallest absolute Gasteiger partial charge is 0.221 e. The lowest BCUT2D eigenvalue weighted by atomic mass is 9.74. The number of nitrogens with one attached hydrogen (secondary N) is 1. The molecule has 2 aliphatic rings. The van der Waals surface area contributed by atoms with Crippen LogP contribution >= 0.6 is 0 Å². The van der Waals surface area contributed by atoms with Crippen molar-refractivity contribution >= 4 is 5.91 Å². The van der Waals surface area contributed by atoms with Crippen LogP contribution in [0.3, 0.4) is 0 Å². The predicted molar refractivity (Wildman–Crippen MR) is 124 cm³/mol. The molecule has 1 saturated heterocycles. The van der Waals surface area contributed by atoms with Crippen molar-refractivity contribution in [2.75, 3.05) is 40.0 Å². The average Bonchev–Trinajstić information content (AvgIpc) is 2.99. The van der Waals surface area contributed by atoms with Gasteiger partial charge < -0.3 is 19.5 Å². The summed E-state index contributed by atoms with van der Waals surface area (Å²) in [4.78, 5) is 15.1. The van der Waals surface area contributed by atoms with Gasteiger partial charge in [-0.05, 0) is 31.4 Å². The zero-order valence-electron chi connectivity index (χ0n) is 19.1. The highest BCUT2D eigenvalue weighted by atomic mass is 16.5. The molecule has 1 amide bonds. The van der Waals surface area contributed by atoms with E-state index in [2.05, 4.69) is 41.4 Å². The molecule has 1 unspecified atom stereocenters. The highest BCUT2D eigenvalue weighted by molar-refractivity contribution is 5.76. The molecule has 1 atom stereocenters. The maximum absolute atomic E-state index is 12.8. The Balaban J connectivity index is 1.34. The molecule has 2 aromatic rings. The van der Waals surface area contributed by atoms with Gasteiger partial charge in [-0.2, -0.15) is 0 Å². The van der Waals surface area contributed by atoms with Crippen LogP contribution in [0, 0.1) is 0 Å². The average molecular weight is 439 g/mol. The molecule has 2 heterocycles. The van der Waals surface area contributed by atoms with Gasteiger partial charge in [0.25, 0.3) is 0 Å². The number of carbonyl (C=O) groups is 1. The molecule has 0 bridgehead atoms. The van der Waals surface area contributed by atoms with E-state index in [0.29, 0.717) is 19.5 Å². The van der Waals surface area contributed by atoms with Crippen molar-refractivity contribution in [3.8, 4) is 11.5 Å². The molecule has 172 valence electrons. The molecule has 1 fully saturated rings. The van der Waals surface area contributed by atoms with Crippen molar-refractivity contribution in [3.63, 3.8) is 0 Å². The first-order valence-corrected chi connectivity index (χ1v) is 11.5. The minimum absolute atomic E-state index is 0.0435. The van der Waals surface area contributed by atoms with E-state index in [1.54, 1.807) is 7.11 Å². The first-order chi connectivity index (χ1) is 15.6. The van der Waals surface area contributed by atoms with Gasteiger partial charge in [0, 0.05) is 62.9 Å². The van der Waals surface area contributed by atoms with Crippen LogP contribution in [-0.4, -0.2) is 56.9 Å². The molecular formula is C26H34N2O4. The van der Waals surface area contributed by atoms with E-state index in [1.165, 1.54) is 5.56 Å². The zero-order valence-corrected chi connectivity index (χ0v) is 19.1. The van der Waals surface area contributed by atoms with Crippen molar-refractivity contribution in [2.24, 2.45) is 0 Å². The summed E-state index contributed by atoms with van der Waals surface area (Å²) in [5, 5.41) is 3.22. The number of methoxy groups -OCH3 is 1. The molecule has 4 rings (SSSR count). The second-order valence-electron chi connectivity index (χ2n) is 8.92. The summed E-state index contributed by atoms with van der Waals surface area (Å²) in [5.74, 6) is 1.76. The number of benzene rings is 2. The molecular weight excluding hydrogens is 404 g/mol. The third-order valence-corrected chi connectivity index (χ3v) is 6.63. The van der Waals surface area contributed by atoms with Gasteiger partial charge in [0.05, 0.1) is 7.11 Å². The van der Waals surface area contributed by atoms with Crippen LogP contribution < -0.4 is 14.8 Å². The highest BCUT2D eigenvalue weighted by Crippen LogP contribution is 2.34.